The Morgan fingerprint density at radius 1 is 0.971 bits per heavy atom. The molecule has 3 aromatic rings. The van der Waals surface area contributed by atoms with Crippen molar-refractivity contribution in [2.45, 2.75) is 57.1 Å². The Hall–Kier alpha value is -2.76. The van der Waals surface area contributed by atoms with Crippen LogP contribution in [0, 0.1) is 6.92 Å². The van der Waals surface area contributed by atoms with Gasteiger partial charge in [-0.1, -0.05) is 73.1 Å². The SMILES string of the molecule is CC[C@H](C)NC(=O)[C@@H](Cc1ccccc1)N(Cc1ccccc1C)C(=O)CSc1ccc(Cl)cc1. The lowest BCUT2D eigenvalue weighted by molar-refractivity contribution is -0.139. The van der Waals surface area contributed by atoms with E-state index in [1.165, 1.54) is 11.8 Å². The number of hydrogen-bond donors (Lipinski definition) is 1. The summed E-state index contributed by atoms with van der Waals surface area (Å²) in [6.07, 6.45) is 1.27. The predicted molar refractivity (Wildman–Crippen MR) is 146 cm³/mol. The summed E-state index contributed by atoms with van der Waals surface area (Å²) in [5.74, 6) is 0.0325. The topological polar surface area (TPSA) is 49.4 Å². The van der Waals surface area contributed by atoms with Crippen molar-refractivity contribution in [3.8, 4) is 0 Å². The first kappa shape index (κ1) is 26.8. The summed E-state index contributed by atoms with van der Waals surface area (Å²) in [5, 5.41) is 3.77. The number of carbonyl (C=O) groups is 2. The number of nitrogens with one attached hydrogen (secondary N) is 1. The maximum atomic E-state index is 13.7. The molecule has 1 N–H and O–H groups in total. The summed E-state index contributed by atoms with van der Waals surface area (Å²) in [6, 6.07) is 24.7. The van der Waals surface area contributed by atoms with Crippen LogP contribution in [0.4, 0.5) is 0 Å². The number of amides is 2. The lowest BCUT2D eigenvalue weighted by Crippen LogP contribution is -2.52. The molecule has 0 saturated heterocycles. The van der Waals surface area contributed by atoms with Crippen molar-refractivity contribution in [2.24, 2.45) is 0 Å². The van der Waals surface area contributed by atoms with E-state index in [2.05, 4.69) is 5.32 Å². The number of hydrogen-bond acceptors (Lipinski definition) is 3. The van der Waals surface area contributed by atoms with Gasteiger partial charge in [0, 0.05) is 28.9 Å². The molecule has 35 heavy (non-hydrogen) atoms. The van der Waals surface area contributed by atoms with Gasteiger partial charge in [-0.2, -0.15) is 0 Å². The van der Waals surface area contributed by atoms with E-state index < -0.39 is 6.04 Å². The van der Waals surface area contributed by atoms with Crippen molar-refractivity contribution in [1.82, 2.24) is 10.2 Å². The molecular formula is C29H33ClN2O2S. The highest BCUT2D eigenvalue weighted by molar-refractivity contribution is 8.00. The molecule has 0 bridgehead atoms. The molecule has 2 atom stereocenters. The van der Waals surface area contributed by atoms with Gasteiger partial charge in [0.1, 0.15) is 6.04 Å². The normalized spacial score (nSPS) is 12.6. The van der Waals surface area contributed by atoms with Gasteiger partial charge in [0.05, 0.1) is 5.75 Å². The van der Waals surface area contributed by atoms with Gasteiger partial charge in [-0.3, -0.25) is 9.59 Å². The summed E-state index contributed by atoms with van der Waals surface area (Å²) >= 11 is 7.46. The van der Waals surface area contributed by atoms with Crippen molar-refractivity contribution in [3.63, 3.8) is 0 Å². The fourth-order valence-electron chi connectivity index (χ4n) is 3.72. The monoisotopic (exact) mass is 508 g/mol. The quantitative estimate of drug-likeness (QED) is 0.309. The van der Waals surface area contributed by atoms with Crippen LogP contribution in [-0.2, 0) is 22.6 Å². The van der Waals surface area contributed by atoms with E-state index >= 15 is 0 Å². The van der Waals surface area contributed by atoms with Gasteiger partial charge in [-0.05, 0) is 61.2 Å². The minimum Gasteiger partial charge on any atom is -0.352 e. The van der Waals surface area contributed by atoms with Crippen molar-refractivity contribution < 1.29 is 9.59 Å². The van der Waals surface area contributed by atoms with Crippen molar-refractivity contribution >= 4 is 35.2 Å². The molecule has 0 fully saturated rings. The van der Waals surface area contributed by atoms with E-state index in [4.69, 9.17) is 11.6 Å². The zero-order valence-electron chi connectivity index (χ0n) is 20.5. The molecule has 0 aliphatic rings. The maximum absolute atomic E-state index is 13.7. The van der Waals surface area contributed by atoms with Gasteiger partial charge in [0.15, 0.2) is 0 Å². The van der Waals surface area contributed by atoms with E-state index in [1.54, 1.807) is 4.90 Å². The van der Waals surface area contributed by atoms with Crippen LogP contribution in [0.5, 0.6) is 0 Å². The van der Waals surface area contributed by atoms with Crippen LogP contribution in [0.25, 0.3) is 0 Å². The lowest BCUT2D eigenvalue weighted by Gasteiger charge is -2.32. The summed E-state index contributed by atoms with van der Waals surface area (Å²) < 4.78 is 0. The standard InChI is InChI=1S/C29H33ClN2O2S/c1-4-22(3)31-29(34)27(18-23-11-6-5-7-12-23)32(19-24-13-9-8-10-21(24)2)28(33)20-35-26-16-14-25(30)15-17-26/h5-17,22,27H,4,18-20H2,1-3H3,(H,31,34)/t22-,27+/m0/s1. The zero-order chi connectivity index (χ0) is 25.2. The second-order valence-corrected chi connectivity index (χ2v) is 10.2. The molecule has 0 spiro atoms. The number of nitrogens with zero attached hydrogens (tertiary/aromatic N) is 1. The van der Waals surface area contributed by atoms with Gasteiger partial charge >= 0.3 is 0 Å². The highest BCUT2D eigenvalue weighted by atomic mass is 35.5. The van der Waals surface area contributed by atoms with Crippen LogP contribution in [0.1, 0.15) is 37.0 Å². The number of rotatable bonds is 11. The van der Waals surface area contributed by atoms with Crippen LogP contribution in [0.15, 0.2) is 83.8 Å². The van der Waals surface area contributed by atoms with Crippen molar-refractivity contribution in [3.05, 3.63) is 101 Å². The number of thioether (sulfide) groups is 1. The summed E-state index contributed by atoms with van der Waals surface area (Å²) in [6.45, 7) is 6.43. The molecule has 0 heterocycles. The van der Waals surface area contributed by atoms with Crippen LogP contribution < -0.4 is 5.32 Å². The number of aryl methyl sites for hydroxylation is 1. The molecule has 0 unspecified atom stereocenters. The van der Waals surface area contributed by atoms with Crippen LogP contribution >= 0.6 is 23.4 Å². The van der Waals surface area contributed by atoms with Crippen LogP contribution in [0.2, 0.25) is 5.02 Å². The van der Waals surface area contributed by atoms with Crippen molar-refractivity contribution in [1.29, 1.82) is 0 Å². The number of benzene rings is 3. The molecule has 0 aromatic heterocycles. The lowest BCUT2D eigenvalue weighted by atomic mass is 10.0. The molecule has 3 aromatic carbocycles. The molecule has 0 saturated carbocycles. The van der Waals surface area contributed by atoms with E-state index in [-0.39, 0.29) is 23.6 Å². The molecule has 184 valence electrons. The van der Waals surface area contributed by atoms with Gasteiger partial charge < -0.3 is 10.2 Å². The molecule has 6 heteroatoms. The fraction of sp³-hybridized carbons (Fsp3) is 0.310. The van der Waals surface area contributed by atoms with E-state index in [9.17, 15) is 9.59 Å². The first-order chi connectivity index (χ1) is 16.9. The Labute approximate surface area is 218 Å². The second kappa shape index (κ2) is 13.4. The highest BCUT2D eigenvalue weighted by Crippen LogP contribution is 2.23. The summed E-state index contributed by atoms with van der Waals surface area (Å²) in [7, 11) is 0. The third-order valence-electron chi connectivity index (χ3n) is 6.05. The van der Waals surface area contributed by atoms with E-state index in [1.807, 2.05) is 99.6 Å². The molecule has 0 radical (unpaired) electrons. The van der Waals surface area contributed by atoms with Gasteiger partial charge in [-0.15, -0.1) is 11.8 Å². The first-order valence-electron chi connectivity index (χ1n) is 11.9. The minimum atomic E-state index is -0.621. The number of carbonyl (C=O) groups excluding carboxylic acids is 2. The molecular weight excluding hydrogens is 476 g/mol. The largest absolute Gasteiger partial charge is 0.352 e. The van der Waals surface area contributed by atoms with Gasteiger partial charge in [0.25, 0.3) is 0 Å². The molecule has 3 rings (SSSR count). The Bertz CT molecular complexity index is 1110. The molecule has 4 nitrogen and oxygen atoms in total. The van der Waals surface area contributed by atoms with Crippen LogP contribution in [0.3, 0.4) is 0 Å². The average Bonchev–Trinajstić information content (AvgIpc) is 2.87. The summed E-state index contributed by atoms with van der Waals surface area (Å²) in [5.41, 5.74) is 3.15. The average molecular weight is 509 g/mol. The predicted octanol–water partition coefficient (Wildman–Crippen LogP) is 6.30. The molecule has 0 aliphatic heterocycles. The van der Waals surface area contributed by atoms with Gasteiger partial charge in [0.2, 0.25) is 11.8 Å². The molecule has 2 amide bonds. The number of halogens is 1. The zero-order valence-corrected chi connectivity index (χ0v) is 22.1. The Kier molecular flexibility index (Phi) is 10.2. The summed E-state index contributed by atoms with van der Waals surface area (Å²) in [4.78, 5) is 29.9. The van der Waals surface area contributed by atoms with E-state index in [0.29, 0.717) is 18.0 Å². The smallest absolute Gasteiger partial charge is 0.243 e. The third-order valence-corrected chi connectivity index (χ3v) is 7.30. The Morgan fingerprint density at radius 2 is 1.63 bits per heavy atom. The van der Waals surface area contributed by atoms with E-state index in [0.717, 1.165) is 28.0 Å². The van der Waals surface area contributed by atoms with Crippen molar-refractivity contribution in [2.75, 3.05) is 5.75 Å². The maximum Gasteiger partial charge on any atom is 0.243 e. The highest BCUT2D eigenvalue weighted by Gasteiger charge is 2.31. The van der Waals surface area contributed by atoms with Gasteiger partial charge in [-0.25, -0.2) is 0 Å². The third kappa shape index (κ3) is 8.15. The minimum absolute atomic E-state index is 0.0274. The second-order valence-electron chi connectivity index (χ2n) is 8.71. The van der Waals surface area contributed by atoms with Crippen LogP contribution in [-0.4, -0.2) is 34.6 Å². The Morgan fingerprint density at radius 3 is 2.29 bits per heavy atom. The fourth-order valence-corrected chi connectivity index (χ4v) is 4.64. The molecule has 0 aliphatic carbocycles. The first-order valence-corrected chi connectivity index (χ1v) is 13.3. The Balaban J connectivity index is 1.91.